The van der Waals surface area contributed by atoms with E-state index in [1.54, 1.807) is 23.1 Å². The molecule has 4 rings (SSSR count). The van der Waals surface area contributed by atoms with Crippen molar-refractivity contribution < 1.29 is 13.2 Å². The first-order chi connectivity index (χ1) is 13.7. The third kappa shape index (κ3) is 4.50. The standard InChI is InChI=1S/C17H19Cl2N5O3S2/c18-10-1-4-14(19)13(7-10)16-21-22-17(24(16)20)28-8-15(25)23(11-2-3-11)12-5-6-29(26,27)9-12/h1,4,7,11-12H,2-3,5-6,8-9,20H2. The first-order valence-corrected chi connectivity index (χ1v) is 12.6. The number of hydrogen-bond acceptors (Lipinski definition) is 7. The van der Waals surface area contributed by atoms with Crippen LogP contribution in [0.15, 0.2) is 23.4 Å². The summed E-state index contributed by atoms with van der Waals surface area (Å²) in [4.78, 5) is 14.6. The molecule has 1 amide bonds. The van der Waals surface area contributed by atoms with Crippen LogP contribution >= 0.6 is 35.0 Å². The number of nitrogen functional groups attached to an aromatic ring is 1. The molecule has 0 spiro atoms. The number of aromatic nitrogens is 3. The number of carbonyl (C=O) groups is 1. The molecular weight excluding hydrogens is 457 g/mol. The molecular formula is C17H19Cl2N5O3S2. The maximum atomic E-state index is 12.9. The average Bonchev–Trinajstić information content (AvgIpc) is 3.33. The molecule has 2 fully saturated rings. The van der Waals surface area contributed by atoms with Gasteiger partial charge < -0.3 is 10.7 Å². The van der Waals surface area contributed by atoms with Crippen molar-refractivity contribution in [1.29, 1.82) is 0 Å². The minimum absolute atomic E-state index is 0.0460. The van der Waals surface area contributed by atoms with E-state index >= 15 is 0 Å². The number of sulfone groups is 1. The molecule has 1 unspecified atom stereocenters. The van der Waals surface area contributed by atoms with Crippen LogP contribution in [0.3, 0.4) is 0 Å². The topological polar surface area (TPSA) is 111 Å². The lowest BCUT2D eigenvalue weighted by Gasteiger charge is -2.28. The van der Waals surface area contributed by atoms with Crippen LogP contribution in [0.25, 0.3) is 11.4 Å². The van der Waals surface area contributed by atoms with Crippen molar-refractivity contribution >= 4 is 50.7 Å². The molecule has 2 N–H and O–H groups in total. The number of hydrogen-bond donors (Lipinski definition) is 1. The first kappa shape index (κ1) is 20.8. The van der Waals surface area contributed by atoms with Gasteiger partial charge >= 0.3 is 0 Å². The second-order valence-electron chi connectivity index (χ2n) is 7.18. The van der Waals surface area contributed by atoms with Crippen molar-refractivity contribution in [3.63, 3.8) is 0 Å². The van der Waals surface area contributed by atoms with Gasteiger partial charge in [-0.25, -0.2) is 13.1 Å². The highest BCUT2D eigenvalue weighted by Crippen LogP contribution is 2.34. The van der Waals surface area contributed by atoms with Crippen molar-refractivity contribution in [2.45, 2.75) is 36.5 Å². The summed E-state index contributed by atoms with van der Waals surface area (Å²) in [5, 5.41) is 9.42. The smallest absolute Gasteiger partial charge is 0.233 e. The number of rotatable bonds is 6. The van der Waals surface area contributed by atoms with Crippen LogP contribution in [-0.2, 0) is 14.6 Å². The van der Waals surface area contributed by atoms with E-state index in [4.69, 9.17) is 29.0 Å². The van der Waals surface area contributed by atoms with Gasteiger partial charge in [-0.15, -0.1) is 10.2 Å². The lowest BCUT2D eigenvalue weighted by molar-refractivity contribution is -0.130. The van der Waals surface area contributed by atoms with Crippen molar-refractivity contribution in [1.82, 2.24) is 19.8 Å². The number of nitrogens with two attached hydrogens (primary N) is 1. The Hall–Kier alpha value is -1.49. The number of benzene rings is 1. The summed E-state index contributed by atoms with van der Waals surface area (Å²) in [6, 6.07) is 4.85. The molecule has 1 saturated carbocycles. The van der Waals surface area contributed by atoms with Gasteiger partial charge in [0.15, 0.2) is 15.7 Å². The molecule has 1 aromatic carbocycles. The Morgan fingerprint density at radius 2 is 2.00 bits per heavy atom. The number of amides is 1. The molecule has 0 radical (unpaired) electrons. The fourth-order valence-corrected chi connectivity index (χ4v) is 6.29. The molecule has 29 heavy (non-hydrogen) atoms. The predicted molar refractivity (Wildman–Crippen MR) is 113 cm³/mol. The fraction of sp³-hybridized carbons (Fsp3) is 0.471. The Bertz CT molecular complexity index is 1060. The largest absolute Gasteiger partial charge is 0.335 e. The Morgan fingerprint density at radius 1 is 1.24 bits per heavy atom. The molecule has 1 atom stereocenters. The van der Waals surface area contributed by atoms with E-state index in [2.05, 4.69) is 10.2 Å². The van der Waals surface area contributed by atoms with E-state index in [9.17, 15) is 13.2 Å². The molecule has 2 heterocycles. The summed E-state index contributed by atoms with van der Waals surface area (Å²) in [5.41, 5.74) is 0.545. The van der Waals surface area contributed by atoms with Crippen LogP contribution < -0.4 is 5.84 Å². The molecule has 8 nitrogen and oxygen atoms in total. The quantitative estimate of drug-likeness (QED) is 0.503. The molecule has 1 saturated heterocycles. The van der Waals surface area contributed by atoms with Gasteiger partial charge in [-0.3, -0.25) is 4.79 Å². The summed E-state index contributed by atoms with van der Waals surface area (Å²) >= 11 is 13.4. The lowest BCUT2D eigenvalue weighted by Crippen LogP contribution is -2.43. The van der Waals surface area contributed by atoms with Crippen LogP contribution in [-0.4, -0.2) is 63.4 Å². The summed E-state index contributed by atoms with van der Waals surface area (Å²) in [5.74, 6) is 6.64. The Labute approximate surface area is 182 Å². The summed E-state index contributed by atoms with van der Waals surface area (Å²) < 4.78 is 24.9. The highest BCUT2D eigenvalue weighted by Gasteiger charge is 2.42. The van der Waals surface area contributed by atoms with Gasteiger partial charge in [-0.05, 0) is 37.5 Å². The zero-order chi connectivity index (χ0) is 20.8. The highest BCUT2D eigenvalue weighted by atomic mass is 35.5. The maximum absolute atomic E-state index is 12.9. The average molecular weight is 476 g/mol. The predicted octanol–water partition coefficient (Wildman–Crippen LogP) is 2.24. The van der Waals surface area contributed by atoms with Crippen LogP contribution in [0.5, 0.6) is 0 Å². The summed E-state index contributed by atoms with van der Waals surface area (Å²) in [7, 11) is -3.06. The van der Waals surface area contributed by atoms with E-state index in [1.807, 2.05) is 0 Å². The van der Waals surface area contributed by atoms with Gasteiger partial charge in [0.1, 0.15) is 0 Å². The third-order valence-electron chi connectivity index (χ3n) is 4.99. The summed E-state index contributed by atoms with van der Waals surface area (Å²) in [6.45, 7) is 0. The molecule has 1 aliphatic carbocycles. The van der Waals surface area contributed by atoms with Gasteiger partial charge in [-0.2, -0.15) is 0 Å². The normalized spacial score (nSPS) is 20.7. The van der Waals surface area contributed by atoms with E-state index < -0.39 is 9.84 Å². The molecule has 156 valence electrons. The maximum Gasteiger partial charge on any atom is 0.233 e. The SMILES string of the molecule is Nn1c(SCC(=O)N(C2CC2)C2CCS(=O)(=O)C2)nnc1-c1cc(Cl)ccc1Cl. The zero-order valence-corrected chi connectivity index (χ0v) is 18.4. The second kappa shape index (κ2) is 7.98. The first-order valence-electron chi connectivity index (χ1n) is 9.05. The van der Waals surface area contributed by atoms with E-state index in [1.165, 1.54) is 4.68 Å². The van der Waals surface area contributed by atoms with Crippen LogP contribution in [0.2, 0.25) is 10.0 Å². The van der Waals surface area contributed by atoms with Crippen molar-refractivity contribution in [2.75, 3.05) is 23.1 Å². The fourth-order valence-electron chi connectivity index (χ4n) is 3.48. The molecule has 2 aromatic rings. The monoisotopic (exact) mass is 475 g/mol. The minimum Gasteiger partial charge on any atom is -0.335 e. The van der Waals surface area contributed by atoms with Gasteiger partial charge in [0, 0.05) is 22.7 Å². The van der Waals surface area contributed by atoms with E-state index in [-0.39, 0.29) is 35.2 Å². The van der Waals surface area contributed by atoms with Gasteiger partial charge in [0.2, 0.25) is 11.1 Å². The number of carbonyl (C=O) groups excluding carboxylic acids is 1. The molecule has 2 aliphatic rings. The Balaban J connectivity index is 1.47. The minimum atomic E-state index is -3.06. The van der Waals surface area contributed by atoms with Gasteiger partial charge in [-0.1, -0.05) is 35.0 Å². The van der Waals surface area contributed by atoms with Crippen molar-refractivity contribution in [3.05, 3.63) is 28.2 Å². The summed E-state index contributed by atoms with van der Waals surface area (Å²) in [6.07, 6.45) is 2.33. The number of halogens is 2. The molecule has 0 bridgehead atoms. The highest BCUT2D eigenvalue weighted by molar-refractivity contribution is 7.99. The third-order valence-corrected chi connectivity index (χ3v) is 8.23. The van der Waals surface area contributed by atoms with Gasteiger partial charge in [0.05, 0.1) is 22.3 Å². The van der Waals surface area contributed by atoms with Crippen LogP contribution in [0.1, 0.15) is 19.3 Å². The lowest BCUT2D eigenvalue weighted by atomic mass is 10.2. The van der Waals surface area contributed by atoms with E-state index in [0.29, 0.717) is 33.0 Å². The van der Waals surface area contributed by atoms with E-state index in [0.717, 1.165) is 24.6 Å². The molecule has 1 aromatic heterocycles. The van der Waals surface area contributed by atoms with Gasteiger partial charge in [0.25, 0.3) is 0 Å². The molecule has 12 heteroatoms. The Morgan fingerprint density at radius 3 is 2.66 bits per heavy atom. The number of nitrogens with zero attached hydrogens (tertiary/aromatic N) is 4. The van der Waals surface area contributed by atoms with Crippen molar-refractivity contribution in [2.24, 2.45) is 0 Å². The van der Waals surface area contributed by atoms with Crippen molar-refractivity contribution in [3.8, 4) is 11.4 Å². The zero-order valence-electron chi connectivity index (χ0n) is 15.3. The number of thioether (sulfide) groups is 1. The second-order valence-corrected chi connectivity index (χ2v) is 11.2. The van der Waals surface area contributed by atoms with Crippen LogP contribution in [0.4, 0.5) is 0 Å². The Kier molecular flexibility index (Phi) is 5.71. The van der Waals surface area contributed by atoms with Crippen LogP contribution in [0, 0.1) is 0 Å². The molecule has 1 aliphatic heterocycles.